The number of hydrogen-bond acceptors (Lipinski definition) is 28. The molecule has 0 bridgehead atoms. The molecule has 17 atom stereocenters. The fourth-order valence-electron chi connectivity index (χ4n) is 13.0. The van der Waals surface area contributed by atoms with E-state index in [-0.39, 0.29) is 75.5 Å². The van der Waals surface area contributed by atoms with Gasteiger partial charge in [-0.3, -0.25) is 96.5 Å². The molecule has 130 heavy (non-hydrogen) atoms. The summed E-state index contributed by atoms with van der Waals surface area (Å²) in [6.45, 7) is 8.31. The van der Waals surface area contributed by atoms with Gasteiger partial charge in [-0.05, 0) is 114 Å². The van der Waals surface area contributed by atoms with E-state index in [0.717, 1.165) is 11.8 Å². The zero-order valence-corrected chi connectivity index (χ0v) is 75.7. The molecule has 51 heteroatoms. The summed E-state index contributed by atoms with van der Waals surface area (Å²) in [4.78, 5) is 274. The Labute approximate surface area is 768 Å². The SMILES string of the molecule is CC(C)C[C@H](NC(=O)[C@H](CS)NC(=O)[C@H](CS)NC(=O)[C@H](CC(=O)O)NC(=O)[C@H](C)NC(=O)[C@H](CS)NC(=O)[C@H](C)NC(=O)[C@@H](N)CCCCN)C(=O)N[C@@H](C)C(=O)N[C@@H](CCCNC(=N)N)C(=O)N[C@@H](CC(=O)O)C(=O)N1CCC[C@H]1C(=O)N[C@@H](Cc1ccc(O)cc1)C(=O)N[C@@H](CS)C(=O)N[C@@H](C)C(=O)N[C@@H](Cc1c[nH]c2ccccc12)C(=O)N[C@@H](CC(=O)O)C(=O)O. The normalized spacial score (nSPS) is 16.0. The Balaban J connectivity index is 1.47. The molecule has 1 aromatic heterocycles. The lowest BCUT2D eigenvalue weighted by Gasteiger charge is -2.30. The van der Waals surface area contributed by atoms with Crippen LogP contribution in [0.1, 0.15) is 123 Å². The molecule has 16 amide bonds. The van der Waals surface area contributed by atoms with E-state index in [4.69, 9.17) is 22.6 Å². The average Bonchev–Trinajstić information content (AvgIpc) is 1.64. The number of guanidine groups is 1. The summed E-state index contributed by atoms with van der Waals surface area (Å²) in [5, 5.41) is 95.7. The number of fused-ring (bicyclic) bond motifs is 1. The van der Waals surface area contributed by atoms with Crippen LogP contribution >= 0.6 is 50.5 Å². The number of phenols is 1. The number of likely N-dealkylation sites (tertiary alicyclic amines) is 1. The minimum absolute atomic E-state index is 0.0472. The van der Waals surface area contributed by atoms with Crippen molar-refractivity contribution in [3.05, 3.63) is 65.9 Å². The van der Waals surface area contributed by atoms with Crippen LogP contribution < -0.4 is 102 Å². The Hall–Kier alpha value is -12.2. The molecule has 718 valence electrons. The van der Waals surface area contributed by atoms with Gasteiger partial charge in [-0.15, -0.1) is 0 Å². The highest BCUT2D eigenvalue weighted by atomic mass is 32.1. The number of nitrogens with two attached hydrogens (primary N) is 3. The molecule has 0 aliphatic carbocycles. The molecule has 0 saturated carbocycles. The number of unbranched alkanes of at least 4 members (excludes halogenated alkanes) is 1. The number of aromatic amines is 1. The van der Waals surface area contributed by atoms with Crippen LogP contribution in [-0.2, 0) is 109 Å². The predicted molar refractivity (Wildman–Crippen MR) is 479 cm³/mol. The van der Waals surface area contributed by atoms with Gasteiger partial charge >= 0.3 is 23.9 Å². The molecule has 4 rings (SSSR count). The first-order valence-electron chi connectivity index (χ1n) is 41.3. The Morgan fingerprint density at radius 2 is 0.846 bits per heavy atom. The maximum absolute atomic E-state index is 14.7. The first-order chi connectivity index (χ1) is 61.3. The number of nitrogens with one attached hydrogen (secondary N) is 18. The Kier molecular flexibility index (Phi) is 46.5. The molecule has 2 aromatic carbocycles. The molecular formula is C79H118N22O25S4. The second-order valence-electron chi connectivity index (χ2n) is 31.1. The van der Waals surface area contributed by atoms with Crippen molar-refractivity contribution in [1.29, 1.82) is 5.41 Å². The van der Waals surface area contributed by atoms with Crippen LogP contribution in [0.3, 0.4) is 0 Å². The number of carbonyl (C=O) groups excluding carboxylic acids is 16. The van der Waals surface area contributed by atoms with Crippen LogP contribution in [0.25, 0.3) is 10.9 Å². The summed E-state index contributed by atoms with van der Waals surface area (Å²) in [5.74, 6) is -25.7. The van der Waals surface area contributed by atoms with Gasteiger partial charge in [0.25, 0.3) is 0 Å². The molecule has 29 N–H and O–H groups in total. The summed E-state index contributed by atoms with van der Waals surface area (Å²) in [6, 6.07) is -14.4. The number of carboxylic acids is 4. The van der Waals surface area contributed by atoms with Crippen LogP contribution in [0.4, 0.5) is 0 Å². The van der Waals surface area contributed by atoms with E-state index in [1.165, 1.54) is 45.0 Å². The highest BCUT2D eigenvalue weighted by molar-refractivity contribution is 7.80. The lowest BCUT2D eigenvalue weighted by Crippen LogP contribution is -2.61. The van der Waals surface area contributed by atoms with Crippen molar-refractivity contribution in [2.45, 2.75) is 228 Å². The minimum atomic E-state index is -1.98. The zero-order valence-electron chi connectivity index (χ0n) is 72.1. The number of aromatic hydroxyl groups is 1. The maximum atomic E-state index is 14.7. The van der Waals surface area contributed by atoms with Crippen molar-refractivity contribution in [3.8, 4) is 5.75 Å². The summed E-state index contributed by atoms with van der Waals surface area (Å²) < 4.78 is 0. The van der Waals surface area contributed by atoms with Crippen molar-refractivity contribution in [2.24, 2.45) is 23.1 Å². The average molecular weight is 1900 g/mol. The summed E-state index contributed by atoms with van der Waals surface area (Å²) in [5.41, 5.74) is 18.3. The number of rotatable bonds is 56. The first kappa shape index (κ1) is 110. The zero-order chi connectivity index (χ0) is 97.5. The molecule has 47 nitrogen and oxygen atoms in total. The first-order valence-corrected chi connectivity index (χ1v) is 43.8. The van der Waals surface area contributed by atoms with Crippen LogP contribution in [0.2, 0.25) is 0 Å². The van der Waals surface area contributed by atoms with Crippen LogP contribution in [0.5, 0.6) is 5.75 Å². The number of aliphatic carboxylic acids is 4. The van der Waals surface area contributed by atoms with E-state index in [9.17, 15) is 121 Å². The number of amides is 16. The van der Waals surface area contributed by atoms with E-state index in [2.05, 4.69) is 141 Å². The van der Waals surface area contributed by atoms with Gasteiger partial charge in [0.05, 0.1) is 25.3 Å². The summed E-state index contributed by atoms with van der Waals surface area (Å²) in [6.07, 6.45) is -1.30. The van der Waals surface area contributed by atoms with Crippen molar-refractivity contribution in [1.82, 2.24) is 95.0 Å². The minimum Gasteiger partial charge on any atom is -0.508 e. The summed E-state index contributed by atoms with van der Waals surface area (Å²) in [7, 11) is 0. The number of hydrogen-bond donors (Lipinski definition) is 30. The van der Waals surface area contributed by atoms with Gasteiger partial charge in [0.1, 0.15) is 102 Å². The summed E-state index contributed by atoms with van der Waals surface area (Å²) >= 11 is 16.7. The third kappa shape index (κ3) is 36.7. The lowest BCUT2D eigenvalue weighted by molar-refractivity contribution is -0.147. The third-order valence-electron chi connectivity index (χ3n) is 20.1. The molecule has 1 fully saturated rings. The predicted octanol–water partition coefficient (Wildman–Crippen LogP) is -7.01. The van der Waals surface area contributed by atoms with Gasteiger partial charge in [0.2, 0.25) is 94.5 Å². The fraction of sp³-hybridized carbons (Fsp3) is 0.557. The highest BCUT2D eigenvalue weighted by Gasteiger charge is 2.43. The van der Waals surface area contributed by atoms with E-state index < -0.39 is 264 Å². The number of carboxylic acid groups (broad SMARTS) is 4. The van der Waals surface area contributed by atoms with Gasteiger partial charge in [0, 0.05) is 66.0 Å². The van der Waals surface area contributed by atoms with E-state index in [1.54, 1.807) is 44.3 Å². The molecule has 2 heterocycles. The van der Waals surface area contributed by atoms with E-state index in [0.29, 0.717) is 47.8 Å². The van der Waals surface area contributed by atoms with Crippen LogP contribution in [-0.4, -0.2) is 305 Å². The van der Waals surface area contributed by atoms with E-state index >= 15 is 0 Å². The Bertz CT molecular complexity index is 4530. The third-order valence-corrected chi connectivity index (χ3v) is 21.6. The number of H-pyrrole nitrogens is 1. The quantitative estimate of drug-likeness (QED) is 0.0108. The van der Waals surface area contributed by atoms with Crippen LogP contribution in [0.15, 0.2) is 54.7 Å². The topological polar surface area (TPSA) is 756 Å². The number of carbonyl (C=O) groups is 20. The second-order valence-corrected chi connectivity index (χ2v) is 32.5. The van der Waals surface area contributed by atoms with Gasteiger partial charge < -0.3 is 138 Å². The molecule has 0 spiro atoms. The maximum Gasteiger partial charge on any atom is 0.326 e. The van der Waals surface area contributed by atoms with Crippen molar-refractivity contribution in [2.75, 3.05) is 42.6 Å². The molecule has 0 unspecified atom stereocenters. The monoisotopic (exact) mass is 1900 g/mol. The Morgan fingerprint density at radius 1 is 0.454 bits per heavy atom. The number of thiol groups is 4. The Morgan fingerprint density at radius 3 is 1.32 bits per heavy atom. The molecule has 1 aliphatic heterocycles. The largest absolute Gasteiger partial charge is 0.508 e. The van der Waals surface area contributed by atoms with Gasteiger partial charge in [-0.2, -0.15) is 50.5 Å². The van der Waals surface area contributed by atoms with Gasteiger partial charge in [0.15, 0.2) is 5.96 Å². The number of phenolic OH excluding ortho intramolecular Hbond substituents is 1. The van der Waals surface area contributed by atoms with Crippen molar-refractivity contribution >= 4 is 186 Å². The standard InChI is InChI=1S/C79H118N22O25S4/c1-36(2)25-48(93-74(121)56(34-129)100-75(122)57(35-130)99-71(118)51(28-59(103)104)92-64(111)40(6)88-72(119)54(32-127)97-65(112)37(3)86-66(113)45(81)14-9-10-22-80)68(115)87-38(4)62(109)90-47(16-11-23-84-79(82)83)67(114)95-52(29-60(105)106)77(124)101-24-12-17-58(101)76(123)94-49(26-41-18-20-43(102)21-19-41)69(116)98-55(33-128)73(120)89-39(5)63(110)91-50(70(117)96-53(78(125)126)30-61(107)108)27-42-31-85-46-15-8-7-13-44(42)46/h7-8,13,15,18-21,31,36-40,45,47-58,85,102,127-130H,9-12,14,16-17,22-30,32-35,80-81H2,1-6H3,(H,86,113)(H,87,115)(H,88,119)(H,89,120)(H,90,109)(H,91,110)(H,92,111)(H,93,121)(H,94,123)(H,95,114)(H,96,117)(H,97,112)(H,98,116)(H,99,118)(H,100,122)(H,103,104)(H,105,106)(H,107,108)(H,125,126)(H4,82,83,84)/t37-,38-,39-,40-,45-,47-,48-,49-,50-,51-,52-,53-,54-,55-,56-,57-,58-/m0/s1. The number of aromatic nitrogens is 1. The number of benzene rings is 2. The molecule has 1 saturated heterocycles. The molecule has 3 aromatic rings. The second kappa shape index (κ2) is 54.9. The number of para-hydroxylation sites is 1. The van der Waals surface area contributed by atoms with Crippen molar-refractivity contribution in [3.63, 3.8) is 0 Å². The lowest BCUT2D eigenvalue weighted by atomic mass is 10.0. The smallest absolute Gasteiger partial charge is 0.326 e. The van der Waals surface area contributed by atoms with Crippen LogP contribution in [0, 0.1) is 11.3 Å². The van der Waals surface area contributed by atoms with Gasteiger partial charge in [-0.1, -0.05) is 50.6 Å². The van der Waals surface area contributed by atoms with Gasteiger partial charge in [-0.25, -0.2) is 4.79 Å². The van der Waals surface area contributed by atoms with E-state index in [1.807, 2.05) is 0 Å². The molecular weight excluding hydrogens is 1790 g/mol. The highest BCUT2D eigenvalue weighted by Crippen LogP contribution is 2.23. The fourth-order valence-corrected chi connectivity index (χ4v) is 14.0. The number of nitrogens with zero attached hydrogens (tertiary/aromatic N) is 1. The van der Waals surface area contributed by atoms with Crippen molar-refractivity contribution < 1.29 is 121 Å². The molecule has 1 aliphatic rings. The molecule has 0 radical (unpaired) electrons.